The average molecular weight is 289 g/mol. The van der Waals surface area contributed by atoms with Crippen LogP contribution < -0.4 is 11.3 Å². The summed E-state index contributed by atoms with van der Waals surface area (Å²) in [6.07, 6.45) is 0. The van der Waals surface area contributed by atoms with E-state index in [4.69, 9.17) is 18.0 Å². The van der Waals surface area contributed by atoms with Crippen molar-refractivity contribution in [3.63, 3.8) is 0 Å². The number of aromatic amines is 1. The number of benzene rings is 1. The second-order valence-corrected chi connectivity index (χ2v) is 4.97. The average Bonchev–Trinajstić information content (AvgIpc) is 2.65. The molecular weight excluding hydrogens is 274 g/mol. The summed E-state index contributed by atoms with van der Waals surface area (Å²) in [6, 6.07) is 5.81. The van der Waals surface area contributed by atoms with Crippen LogP contribution in [0.2, 0.25) is 0 Å². The number of nitrogens with zero attached hydrogens (tertiary/aromatic N) is 3. The van der Waals surface area contributed by atoms with Crippen LogP contribution >= 0.6 is 12.2 Å². The lowest BCUT2D eigenvalue weighted by atomic mass is 10.1. The highest BCUT2D eigenvalue weighted by Crippen LogP contribution is 2.22. The van der Waals surface area contributed by atoms with Crippen LogP contribution in [-0.4, -0.2) is 14.9 Å². The van der Waals surface area contributed by atoms with Crippen LogP contribution in [0.4, 0.5) is 11.4 Å². The molecule has 0 bridgehead atoms. The Morgan fingerprint density at radius 1 is 1.30 bits per heavy atom. The lowest BCUT2D eigenvalue weighted by Crippen LogP contribution is -2.29. The van der Waals surface area contributed by atoms with Crippen molar-refractivity contribution in [1.29, 1.82) is 0 Å². The first kappa shape index (κ1) is 14.1. The summed E-state index contributed by atoms with van der Waals surface area (Å²) in [7, 11) is 0. The smallest absolute Gasteiger partial charge is 0.301 e. The summed E-state index contributed by atoms with van der Waals surface area (Å²) in [5.74, 6) is 0. The van der Waals surface area contributed by atoms with Crippen molar-refractivity contribution < 1.29 is 0 Å². The molecule has 3 N–H and O–H groups in total. The number of thiocarbonyl (C=S) groups is 1. The number of hydrogen-bond acceptors (Lipinski definition) is 4. The molecule has 2 aromatic rings. The van der Waals surface area contributed by atoms with Gasteiger partial charge in [0.05, 0.1) is 11.4 Å². The van der Waals surface area contributed by atoms with E-state index in [9.17, 15) is 4.79 Å². The van der Waals surface area contributed by atoms with Crippen LogP contribution in [0.3, 0.4) is 0 Å². The van der Waals surface area contributed by atoms with E-state index in [1.54, 1.807) is 6.92 Å². The Hall–Kier alpha value is -2.28. The summed E-state index contributed by atoms with van der Waals surface area (Å²) in [4.78, 5) is 12.0. The Morgan fingerprint density at radius 2 is 2.00 bits per heavy atom. The first-order valence-corrected chi connectivity index (χ1v) is 6.41. The normalized spacial score (nSPS) is 11.2. The molecule has 0 radical (unpaired) electrons. The van der Waals surface area contributed by atoms with Crippen molar-refractivity contribution >= 4 is 28.7 Å². The van der Waals surface area contributed by atoms with E-state index in [1.807, 2.05) is 32.0 Å². The van der Waals surface area contributed by atoms with Crippen LogP contribution in [0.25, 0.3) is 0 Å². The molecule has 0 saturated carbocycles. The van der Waals surface area contributed by atoms with E-state index in [2.05, 4.69) is 15.3 Å². The topological polar surface area (TPSA) is 88.5 Å². The molecule has 0 atom stereocenters. The summed E-state index contributed by atoms with van der Waals surface area (Å²) in [5.41, 5.74) is 8.67. The molecule has 20 heavy (non-hydrogen) atoms. The molecule has 0 saturated heterocycles. The van der Waals surface area contributed by atoms with Crippen LogP contribution in [0.1, 0.15) is 16.8 Å². The fourth-order valence-corrected chi connectivity index (χ4v) is 1.96. The molecular formula is C13H15N5OS. The van der Waals surface area contributed by atoms with Crippen LogP contribution in [0.15, 0.2) is 33.2 Å². The van der Waals surface area contributed by atoms with Crippen molar-refractivity contribution in [1.82, 2.24) is 9.78 Å². The highest BCUT2D eigenvalue weighted by atomic mass is 32.1. The third-order valence-corrected chi connectivity index (χ3v) is 3.05. The predicted octanol–water partition coefficient (Wildman–Crippen LogP) is 2.61. The molecule has 0 unspecified atom stereocenters. The molecule has 0 spiro atoms. The van der Waals surface area contributed by atoms with Gasteiger partial charge in [-0.1, -0.05) is 17.7 Å². The van der Waals surface area contributed by atoms with Crippen molar-refractivity contribution in [3.8, 4) is 0 Å². The molecule has 2 rings (SSSR count). The molecule has 7 heteroatoms. The minimum Gasteiger partial charge on any atom is -0.374 e. The summed E-state index contributed by atoms with van der Waals surface area (Å²) < 4.78 is 1.07. The van der Waals surface area contributed by atoms with Gasteiger partial charge in [-0.15, -0.1) is 5.11 Å². The zero-order valence-corrected chi connectivity index (χ0v) is 12.3. The molecule has 0 aliphatic carbocycles. The minimum absolute atomic E-state index is 0.0499. The Bertz CT molecular complexity index is 757. The molecule has 0 amide bonds. The van der Waals surface area contributed by atoms with Gasteiger partial charge in [-0.3, -0.25) is 9.89 Å². The summed E-state index contributed by atoms with van der Waals surface area (Å²) in [6.45, 7) is 5.66. The Balaban J connectivity index is 2.42. The largest absolute Gasteiger partial charge is 0.374 e. The maximum absolute atomic E-state index is 12.0. The van der Waals surface area contributed by atoms with E-state index >= 15 is 0 Å². The highest BCUT2D eigenvalue weighted by Gasteiger charge is 2.12. The van der Waals surface area contributed by atoms with Gasteiger partial charge in [0.2, 0.25) is 0 Å². The summed E-state index contributed by atoms with van der Waals surface area (Å²) >= 11 is 4.77. The third-order valence-electron chi connectivity index (χ3n) is 2.87. The van der Waals surface area contributed by atoms with Gasteiger partial charge in [-0.25, -0.2) is 0 Å². The maximum atomic E-state index is 12.0. The van der Waals surface area contributed by atoms with E-state index in [0.717, 1.165) is 21.5 Å². The van der Waals surface area contributed by atoms with E-state index in [-0.39, 0.29) is 10.8 Å². The fourth-order valence-electron chi connectivity index (χ4n) is 1.83. The molecule has 0 fully saturated rings. The number of azo groups is 1. The first-order valence-electron chi connectivity index (χ1n) is 6.00. The third kappa shape index (κ3) is 2.67. The molecule has 1 aromatic heterocycles. The van der Waals surface area contributed by atoms with E-state index in [0.29, 0.717) is 5.69 Å². The Morgan fingerprint density at radius 3 is 2.55 bits per heavy atom. The number of H-pyrrole nitrogens is 1. The lowest BCUT2D eigenvalue weighted by Gasteiger charge is -1.99. The quantitative estimate of drug-likeness (QED) is 0.658. The molecule has 1 heterocycles. The monoisotopic (exact) mass is 289 g/mol. The Kier molecular flexibility index (Phi) is 3.80. The van der Waals surface area contributed by atoms with Gasteiger partial charge in [-0.2, -0.15) is 9.80 Å². The maximum Gasteiger partial charge on any atom is 0.301 e. The van der Waals surface area contributed by atoms with E-state index in [1.165, 1.54) is 0 Å². The van der Waals surface area contributed by atoms with Gasteiger partial charge in [0.15, 0.2) is 10.8 Å². The molecule has 6 nitrogen and oxygen atoms in total. The van der Waals surface area contributed by atoms with Crippen molar-refractivity contribution in [2.24, 2.45) is 16.0 Å². The second-order valence-electron chi connectivity index (χ2n) is 4.55. The van der Waals surface area contributed by atoms with Crippen LogP contribution in [0, 0.1) is 20.8 Å². The number of hydrogen-bond donors (Lipinski definition) is 2. The van der Waals surface area contributed by atoms with Crippen LogP contribution in [-0.2, 0) is 0 Å². The lowest BCUT2D eigenvalue weighted by molar-refractivity contribution is 0.889. The van der Waals surface area contributed by atoms with Crippen molar-refractivity contribution in [2.45, 2.75) is 20.8 Å². The number of nitrogens with two attached hydrogens (primary N) is 1. The number of rotatable bonds is 2. The zero-order valence-electron chi connectivity index (χ0n) is 11.5. The number of aryl methyl sites for hydroxylation is 3. The van der Waals surface area contributed by atoms with Gasteiger partial charge < -0.3 is 5.73 Å². The minimum atomic E-state index is -0.400. The Labute approximate surface area is 121 Å². The van der Waals surface area contributed by atoms with Gasteiger partial charge in [0.25, 0.3) is 0 Å². The second kappa shape index (κ2) is 5.38. The van der Waals surface area contributed by atoms with Gasteiger partial charge in [0.1, 0.15) is 0 Å². The molecule has 0 aliphatic heterocycles. The molecule has 0 aliphatic rings. The first-order chi connectivity index (χ1) is 9.40. The number of nitrogens with one attached hydrogen (secondary N) is 1. The molecule has 1 aromatic carbocycles. The fraction of sp³-hybridized carbons (Fsp3) is 0.231. The van der Waals surface area contributed by atoms with Gasteiger partial charge in [-0.05, 0) is 44.6 Å². The zero-order chi connectivity index (χ0) is 14.9. The standard InChI is InChI=1S/C13H15N5OS/c1-7-4-5-10(8(2)6-7)15-16-11-9(3)17-18(12(11)19)13(14)20/h4-6,17H,1-3H3,(H2,14,20). The van der Waals surface area contributed by atoms with Crippen molar-refractivity contribution in [2.75, 3.05) is 0 Å². The van der Waals surface area contributed by atoms with Gasteiger partial charge in [0, 0.05) is 0 Å². The summed E-state index contributed by atoms with van der Waals surface area (Å²) in [5, 5.41) is 10.8. The van der Waals surface area contributed by atoms with E-state index < -0.39 is 5.56 Å². The number of aromatic nitrogens is 2. The van der Waals surface area contributed by atoms with Crippen LogP contribution in [0.5, 0.6) is 0 Å². The van der Waals surface area contributed by atoms with Gasteiger partial charge >= 0.3 is 5.56 Å². The van der Waals surface area contributed by atoms with Crippen molar-refractivity contribution in [3.05, 3.63) is 45.4 Å². The predicted molar refractivity (Wildman–Crippen MR) is 82.1 cm³/mol. The SMILES string of the molecule is Cc1ccc(N=Nc2c(C)[nH]n(C(N)=S)c2=O)c(C)c1. The molecule has 104 valence electrons. The highest BCUT2D eigenvalue weighted by molar-refractivity contribution is 7.80.